The lowest BCUT2D eigenvalue weighted by Gasteiger charge is -2.23. The Kier molecular flexibility index (Phi) is 3.72. The minimum atomic E-state index is -0.127. The summed E-state index contributed by atoms with van der Waals surface area (Å²) in [5, 5.41) is 0. The lowest BCUT2D eigenvalue weighted by molar-refractivity contribution is 0.113. The van der Waals surface area contributed by atoms with Gasteiger partial charge in [0.1, 0.15) is 0 Å². The van der Waals surface area contributed by atoms with Gasteiger partial charge < -0.3 is 10.2 Å². The standard InChI is InChI=1S/C11H16NOSi/c1-11(2,13-14)8-7-9-3-5-10(12)6-4-9/h3-6H,7-8,12H2,1-2H3. The third-order valence-electron chi connectivity index (χ3n) is 2.27. The molecule has 1 aromatic carbocycles. The van der Waals surface area contributed by atoms with Gasteiger partial charge in [0.2, 0.25) is 10.5 Å². The second-order valence-corrected chi connectivity index (χ2v) is 4.31. The van der Waals surface area contributed by atoms with E-state index in [1.807, 2.05) is 12.1 Å². The van der Waals surface area contributed by atoms with Gasteiger partial charge in [-0.3, -0.25) is 0 Å². The van der Waals surface area contributed by atoms with Gasteiger partial charge in [-0.2, -0.15) is 0 Å². The van der Waals surface area contributed by atoms with Crippen LogP contribution in [0.15, 0.2) is 24.3 Å². The third-order valence-corrected chi connectivity index (χ3v) is 2.82. The first kappa shape index (κ1) is 11.3. The number of hydrogen-bond donors (Lipinski definition) is 1. The maximum Gasteiger partial charge on any atom is 0.246 e. The largest absolute Gasteiger partial charge is 0.414 e. The fraction of sp³-hybridized carbons (Fsp3) is 0.455. The lowest BCUT2D eigenvalue weighted by Crippen LogP contribution is -2.23. The van der Waals surface area contributed by atoms with Crippen LogP contribution >= 0.6 is 0 Å². The summed E-state index contributed by atoms with van der Waals surface area (Å²) >= 11 is 0. The Morgan fingerprint density at radius 3 is 2.36 bits per heavy atom. The van der Waals surface area contributed by atoms with Crippen molar-refractivity contribution in [2.45, 2.75) is 32.3 Å². The van der Waals surface area contributed by atoms with Crippen molar-refractivity contribution in [3.05, 3.63) is 29.8 Å². The van der Waals surface area contributed by atoms with Gasteiger partial charge in [-0.1, -0.05) is 12.1 Å². The Bertz CT molecular complexity index is 282. The van der Waals surface area contributed by atoms with Crippen LogP contribution in [0.25, 0.3) is 0 Å². The Morgan fingerprint density at radius 2 is 1.86 bits per heavy atom. The number of benzene rings is 1. The van der Waals surface area contributed by atoms with Crippen molar-refractivity contribution in [2.75, 3.05) is 5.73 Å². The van der Waals surface area contributed by atoms with Gasteiger partial charge in [0.05, 0.1) is 5.60 Å². The van der Waals surface area contributed by atoms with Gasteiger partial charge in [-0.05, 0) is 44.4 Å². The molecule has 0 amide bonds. The van der Waals surface area contributed by atoms with Crippen LogP contribution in [-0.2, 0) is 10.8 Å². The van der Waals surface area contributed by atoms with E-state index in [1.165, 1.54) is 5.56 Å². The Hall–Kier alpha value is -0.803. The summed E-state index contributed by atoms with van der Waals surface area (Å²) in [5.74, 6) is 0. The first-order valence-electron chi connectivity index (χ1n) is 4.73. The molecule has 0 unspecified atom stereocenters. The van der Waals surface area contributed by atoms with Gasteiger partial charge in [0, 0.05) is 5.69 Å². The normalized spacial score (nSPS) is 11.6. The topological polar surface area (TPSA) is 35.2 Å². The summed E-state index contributed by atoms with van der Waals surface area (Å²) in [7, 11) is 3.08. The second kappa shape index (κ2) is 4.62. The minimum Gasteiger partial charge on any atom is -0.414 e. The fourth-order valence-electron chi connectivity index (χ4n) is 1.18. The summed E-state index contributed by atoms with van der Waals surface area (Å²) in [6.07, 6.45) is 1.97. The van der Waals surface area contributed by atoms with Crippen LogP contribution in [0.3, 0.4) is 0 Å². The van der Waals surface area contributed by atoms with Crippen molar-refractivity contribution < 1.29 is 4.43 Å². The zero-order valence-electron chi connectivity index (χ0n) is 8.71. The van der Waals surface area contributed by atoms with Gasteiger partial charge in [-0.25, -0.2) is 0 Å². The Morgan fingerprint density at radius 1 is 1.29 bits per heavy atom. The molecule has 0 saturated carbocycles. The summed E-state index contributed by atoms with van der Waals surface area (Å²) in [6.45, 7) is 4.11. The van der Waals surface area contributed by atoms with E-state index in [0.29, 0.717) is 0 Å². The molecule has 0 aliphatic carbocycles. The molecule has 1 aromatic rings. The molecule has 14 heavy (non-hydrogen) atoms. The maximum atomic E-state index is 5.60. The molecule has 1 rings (SSSR count). The number of nitrogens with two attached hydrogens (primary N) is 1. The molecule has 0 atom stereocenters. The van der Waals surface area contributed by atoms with E-state index in [1.54, 1.807) is 0 Å². The van der Waals surface area contributed by atoms with E-state index in [0.717, 1.165) is 18.5 Å². The Labute approximate surface area is 89.0 Å². The highest BCUT2D eigenvalue weighted by molar-refractivity contribution is 5.98. The third kappa shape index (κ3) is 3.52. The molecule has 2 N–H and O–H groups in total. The highest BCUT2D eigenvalue weighted by Gasteiger charge is 2.15. The first-order valence-corrected chi connectivity index (χ1v) is 5.13. The fourth-order valence-corrected chi connectivity index (χ4v) is 1.28. The molecule has 0 heterocycles. The van der Waals surface area contributed by atoms with Gasteiger partial charge >= 0.3 is 0 Å². The minimum absolute atomic E-state index is 0.127. The van der Waals surface area contributed by atoms with E-state index in [9.17, 15) is 0 Å². The van der Waals surface area contributed by atoms with Gasteiger partial charge in [0.25, 0.3) is 0 Å². The van der Waals surface area contributed by atoms with E-state index in [-0.39, 0.29) is 5.60 Å². The zero-order chi connectivity index (χ0) is 10.6. The molecule has 0 fully saturated rings. The molecule has 0 aliphatic heterocycles. The molecule has 0 bridgehead atoms. The van der Waals surface area contributed by atoms with Crippen molar-refractivity contribution in [3.8, 4) is 0 Å². The van der Waals surface area contributed by atoms with Crippen LogP contribution in [-0.4, -0.2) is 16.1 Å². The molecule has 0 aliphatic rings. The van der Waals surface area contributed by atoms with Crippen LogP contribution in [0.5, 0.6) is 0 Å². The van der Waals surface area contributed by atoms with Gasteiger partial charge in [-0.15, -0.1) is 0 Å². The van der Waals surface area contributed by atoms with E-state index >= 15 is 0 Å². The molecule has 3 radical (unpaired) electrons. The van der Waals surface area contributed by atoms with Crippen molar-refractivity contribution in [2.24, 2.45) is 0 Å². The summed E-state index contributed by atoms with van der Waals surface area (Å²) in [4.78, 5) is 0. The zero-order valence-corrected chi connectivity index (χ0v) is 9.71. The SMILES string of the molecule is CC(C)(CCc1ccc(N)cc1)O[Si]. The molecule has 3 heteroatoms. The molecule has 0 saturated heterocycles. The predicted molar refractivity (Wildman–Crippen MR) is 60.1 cm³/mol. The predicted octanol–water partition coefficient (Wildman–Crippen LogP) is 2.08. The monoisotopic (exact) mass is 206 g/mol. The molecular weight excluding hydrogens is 190 g/mol. The summed E-state index contributed by atoms with van der Waals surface area (Å²) in [5.41, 5.74) is 7.57. The second-order valence-electron chi connectivity index (χ2n) is 4.10. The highest BCUT2D eigenvalue weighted by Crippen LogP contribution is 2.17. The Balaban J connectivity index is 2.50. The number of nitrogen functional groups attached to an aromatic ring is 1. The smallest absolute Gasteiger partial charge is 0.246 e. The van der Waals surface area contributed by atoms with Crippen LogP contribution in [0.1, 0.15) is 25.8 Å². The van der Waals surface area contributed by atoms with Crippen molar-refractivity contribution in [1.82, 2.24) is 0 Å². The molecule has 0 aromatic heterocycles. The van der Waals surface area contributed by atoms with E-state index < -0.39 is 0 Å². The quantitative estimate of drug-likeness (QED) is 0.604. The number of hydrogen-bond acceptors (Lipinski definition) is 2. The number of anilines is 1. The lowest BCUT2D eigenvalue weighted by atomic mass is 9.99. The van der Waals surface area contributed by atoms with E-state index in [2.05, 4.69) is 36.5 Å². The van der Waals surface area contributed by atoms with Crippen LogP contribution in [0.4, 0.5) is 5.69 Å². The molecule has 2 nitrogen and oxygen atoms in total. The van der Waals surface area contributed by atoms with Crippen molar-refractivity contribution in [3.63, 3.8) is 0 Å². The van der Waals surface area contributed by atoms with Gasteiger partial charge in [0.15, 0.2) is 0 Å². The number of rotatable bonds is 4. The average molecular weight is 206 g/mol. The molecule has 75 valence electrons. The first-order chi connectivity index (χ1) is 6.53. The van der Waals surface area contributed by atoms with Crippen LogP contribution in [0.2, 0.25) is 0 Å². The number of aryl methyl sites for hydroxylation is 1. The molecule has 0 spiro atoms. The van der Waals surface area contributed by atoms with Crippen molar-refractivity contribution in [1.29, 1.82) is 0 Å². The highest BCUT2D eigenvalue weighted by atomic mass is 28.2. The molecular formula is C11H16NOSi. The van der Waals surface area contributed by atoms with Crippen LogP contribution in [0, 0.1) is 0 Å². The van der Waals surface area contributed by atoms with E-state index in [4.69, 9.17) is 10.2 Å². The average Bonchev–Trinajstić information content (AvgIpc) is 2.17. The van der Waals surface area contributed by atoms with Crippen molar-refractivity contribution >= 4 is 16.2 Å². The maximum absolute atomic E-state index is 5.60. The summed E-state index contributed by atoms with van der Waals surface area (Å²) < 4.78 is 5.16. The summed E-state index contributed by atoms with van der Waals surface area (Å²) in [6, 6.07) is 7.96. The van der Waals surface area contributed by atoms with Crippen LogP contribution < -0.4 is 5.73 Å².